The predicted octanol–water partition coefficient (Wildman–Crippen LogP) is 2.95. The van der Waals surface area contributed by atoms with Crippen LogP contribution >= 0.6 is 0 Å². The van der Waals surface area contributed by atoms with Crippen molar-refractivity contribution in [3.8, 4) is 17.3 Å². The molecular weight excluding hydrogens is 377 g/mol. The molecule has 4 rings (SSSR count). The summed E-state index contributed by atoms with van der Waals surface area (Å²) in [6, 6.07) is 11.0. The van der Waals surface area contributed by atoms with Crippen molar-refractivity contribution in [2.45, 2.75) is 13.8 Å². The van der Waals surface area contributed by atoms with E-state index in [9.17, 15) is 9.18 Å². The highest BCUT2D eigenvalue weighted by Crippen LogP contribution is 2.19. The predicted molar refractivity (Wildman–Crippen MR) is 102 cm³/mol. The van der Waals surface area contributed by atoms with Gasteiger partial charge < -0.3 is 14.5 Å². The SMILES string of the molecule is Cc1cc(C(=O)NCCOc2ccc3nnc(-c4ccc(F)cc4)n3n2)c(C)o1. The van der Waals surface area contributed by atoms with Gasteiger partial charge in [-0.2, -0.15) is 4.52 Å². The summed E-state index contributed by atoms with van der Waals surface area (Å²) in [6.07, 6.45) is 0. The number of aryl methyl sites for hydroxylation is 2. The number of hydrogen-bond acceptors (Lipinski definition) is 6. The van der Waals surface area contributed by atoms with Crippen LogP contribution in [0.25, 0.3) is 17.0 Å². The van der Waals surface area contributed by atoms with E-state index in [1.54, 1.807) is 44.2 Å². The summed E-state index contributed by atoms with van der Waals surface area (Å²) in [6.45, 7) is 4.07. The largest absolute Gasteiger partial charge is 0.475 e. The second-order valence-corrected chi connectivity index (χ2v) is 6.40. The fourth-order valence-electron chi connectivity index (χ4n) is 2.90. The number of rotatable bonds is 6. The van der Waals surface area contributed by atoms with Crippen LogP contribution in [0.3, 0.4) is 0 Å². The molecule has 9 heteroatoms. The van der Waals surface area contributed by atoms with E-state index in [0.29, 0.717) is 46.5 Å². The zero-order valence-electron chi connectivity index (χ0n) is 15.8. The van der Waals surface area contributed by atoms with Gasteiger partial charge in [-0.25, -0.2) is 4.39 Å². The first-order chi connectivity index (χ1) is 14.0. The number of furan rings is 1. The van der Waals surface area contributed by atoms with Crippen LogP contribution in [0, 0.1) is 19.7 Å². The Morgan fingerprint density at radius 1 is 1.17 bits per heavy atom. The Hall–Kier alpha value is -3.75. The van der Waals surface area contributed by atoms with Gasteiger partial charge in [0.15, 0.2) is 11.5 Å². The lowest BCUT2D eigenvalue weighted by molar-refractivity contribution is 0.0945. The molecule has 0 aliphatic heterocycles. The fourth-order valence-corrected chi connectivity index (χ4v) is 2.90. The zero-order chi connectivity index (χ0) is 20.4. The molecule has 1 aromatic carbocycles. The van der Waals surface area contributed by atoms with Crippen LogP contribution in [-0.4, -0.2) is 38.9 Å². The summed E-state index contributed by atoms with van der Waals surface area (Å²) >= 11 is 0. The lowest BCUT2D eigenvalue weighted by Crippen LogP contribution is -2.28. The van der Waals surface area contributed by atoms with E-state index < -0.39 is 0 Å². The Morgan fingerprint density at radius 3 is 2.69 bits per heavy atom. The second kappa shape index (κ2) is 7.70. The van der Waals surface area contributed by atoms with Gasteiger partial charge in [-0.3, -0.25) is 4.79 Å². The number of amides is 1. The van der Waals surface area contributed by atoms with Crippen LogP contribution in [0.4, 0.5) is 4.39 Å². The number of aromatic nitrogens is 4. The highest BCUT2D eigenvalue weighted by atomic mass is 19.1. The van der Waals surface area contributed by atoms with E-state index in [0.717, 1.165) is 0 Å². The van der Waals surface area contributed by atoms with Crippen LogP contribution in [0.15, 0.2) is 46.9 Å². The minimum atomic E-state index is -0.331. The summed E-state index contributed by atoms with van der Waals surface area (Å²) in [5.74, 6) is 1.54. The van der Waals surface area contributed by atoms with Gasteiger partial charge in [0.1, 0.15) is 23.9 Å². The van der Waals surface area contributed by atoms with Crippen molar-refractivity contribution < 1.29 is 18.3 Å². The molecule has 1 N–H and O–H groups in total. The van der Waals surface area contributed by atoms with Gasteiger partial charge in [0.2, 0.25) is 5.88 Å². The standard InChI is InChI=1S/C20H18FN5O3/c1-12-11-16(13(2)29-12)20(27)22-9-10-28-18-8-7-17-23-24-19(26(17)25-18)14-3-5-15(21)6-4-14/h3-8,11H,9-10H2,1-2H3,(H,22,27). The third-order valence-corrected chi connectivity index (χ3v) is 4.26. The van der Waals surface area contributed by atoms with E-state index in [2.05, 4.69) is 20.6 Å². The van der Waals surface area contributed by atoms with Crippen molar-refractivity contribution in [3.63, 3.8) is 0 Å². The van der Waals surface area contributed by atoms with Gasteiger partial charge >= 0.3 is 0 Å². The van der Waals surface area contributed by atoms with Gasteiger partial charge in [0.25, 0.3) is 5.91 Å². The third kappa shape index (κ3) is 3.93. The number of carbonyl (C=O) groups is 1. The van der Waals surface area contributed by atoms with Gasteiger partial charge in [-0.1, -0.05) is 0 Å². The molecule has 0 spiro atoms. The molecule has 29 heavy (non-hydrogen) atoms. The highest BCUT2D eigenvalue weighted by Gasteiger charge is 2.13. The van der Waals surface area contributed by atoms with Crippen LogP contribution in [0.5, 0.6) is 5.88 Å². The van der Waals surface area contributed by atoms with E-state index >= 15 is 0 Å². The topological polar surface area (TPSA) is 94.5 Å². The van der Waals surface area contributed by atoms with Crippen LogP contribution in [-0.2, 0) is 0 Å². The van der Waals surface area contributed by atoms with Crippen LogP contribution < -0.4 is 10.1 Å². The minimum absolute atomic E-state index is 0.219. The number of carbonyl (C=O) groups excluding carboxylic acids is 1. The summed E-state index contributed by atoms with van der Waals surface area (Å²) < 4.78 is 25.7. The lowest BCUT2D eigenvalue weighted by Gasteiger charge is -2.07. The highest BCUT2D eigenvalue weighted by molar-refractivity contribution is 5.95. The monoisotopic (exact) mass is 395 g/mol. The molecular formula is C20H18FN5O3. The van der Waals surface area contributed by atoms with E-state index in [-0.39, 0.29) is 18.3 Å². The molecule has 0 saturated carbocycles. The molecule has 4 aromatic rings. The molecule has 8 nitrogen and oxygen atoms in total. The molecule has 3 aromatic heterocycles. The van der Waals surface area contributed by atoms with Gasteiger partial charge in [0, 0.05) is 11.6 Å². The van der Waals surface area contributed by atoms with E-state index in [1.807, 2.05) is 0 Å². The molecule has 0 fully saturated rings. The number of hydrogen-bond donors (Lipinski definition) is 1. The molecule has 0 bridgehead atoms. The number of nitrogens with zero attached hydrogens (tertiary/aromatic N) is 4. The first kappa shape index (κ1) is 18.6. The molecule has 1 amide bonds. The average molecular weight is 395 g/mol. The first-order valence-electron chi connectivity index (χ1n) is 8.98. The smallest absolute Gasteiger partial charge is 0.254 e. The minimum Gasteiger partial charge on any atom is -0.475 e. The first-order valence-corrected chi connectivity index (χ1v) is 8.98. The van der Waals surface area contributed by atoms with Crippen LogP contribution in [0.1, 0.15) is 21.9 Å². The second-order valence-electron chi connectivity index (χ2n) is 6.40. The number of nitrogens with one attached hydrogen (secondary N) is 1. The van der Waals surface area contributed by atoms with Crippen molar-refractivity contribution >= 4 is 11.6 Å². The van der Waals surface area contributed by atoms with Gasteiger partial charge in [0.05, 0.1) is 12.1 Å². The molecule has 0 radical (unpaired) electrons. The van der Waals surface area contributed by atoms with Crippen molar-refractivity contribution in [1.29, 1.82) is 0 Å². The molecule has 148 valence electrons. The fraction of sp³-hybridized carbons (Fsp3) is 0.200. The van der Waals surface area contributed by atoms with Crippen molar-refractivity contribution in [3.05, 3.63) is 65.4 Å². The molecule has 0 aliphatic rings. The third-order valence-electron chi connectivity index (χ3n) is 4.26. The number of halogens is 1. The average Bonchev–Trinajstić information content (AvgIpc) is 3.28. The molecule has 0 unspecified atom stereocenters. The normalized spacial score (nSPS) is 11.0. The quantitative estimate of drug-likeness (QED) is 0.505. The lowest BCUT2D eigenvalue weighted by atomic mass is 10.2. The van der Waals surface area contributed by atoms with E-state index in [1.165, 1.54) is 16.6 Å². The summed E-state index contributed by atoms with van der Waals surface area (Å²) in [5.41, 5.74) is 1.73. The molecule has 3 heterocycles. The van der Waals surface area contributed by atoms with Crippen LogP contribution in [0.2, 0.25) is 0 Å². The summed E-state index contributed by atoms with van der Waals surface area (Å²) in [4.78, 5) is 12.2. The Bertz CT molecular complexity index is 1170. The molecule has 0 atom stereocenters. The maximum Gasteiger partial charge on any atom is 0.254 e. The van der Waals surface area contributed by atoms with Crippen molar-refractivity contribution in [2.75, 3.05) is 13.2 Å². The van der Waals surface area contributed by atoms with E-state index in [4.69, 9.17) is 9.15 Å². The zero-order valence-corrected chi connectivity index (χ0v) is 15.8. The maximum atomic E-state index is 13.2. The van der Waals surface area contributed by atoms with Crippen molar-refractivity contribution in [2.24, 2.45) is 0 Å². The number of benzene rings is 1. The Labute approximate surface area is 165 Å². The number of fused-ring (bicyclic) bond motifs is 1. The summed E-state index contributed by atoms with van der Waals surface area (Å²) in [7, 11) is 0. The van der Waals surface area contributed by atoms with Gasteiger partial charge in [-0.05, 0) is 50.2 Å². The number of ether oxygens (including phenoxy) is 1. The Kier molecular flexibility index (Phi) is 4.94. The molecule has 0 aliphatic carbocycles. The Balaban J connectivity index is 1.41. The van der Waals surface area contributed by atoms with Gasteiger partial charge in [-0.15, -0.1) is 15.3 Å². The Morgan fingerprint density at radius 2 is 1.97 bits per heavy atom. The maximum absolute atomic E-state index is 13.2. The summed E-state index contributed by atoms with van der Waals surface area (Å²) in [5, 5.41) is 15.3. The molecule has 0 saturated heterocycles. The van der Waals surface area contributed by atoms with Crippen molar-refractivity contribution in [1.82, 2.24) is 25.1 Å².